The zero-order chi connectivity index (χ0) is 15.9. The van der Waals surface area contributed by atoms with Crippen LogP contribution in [0.5, 0.6) is 0 Å². The number of rotatable bonds is 6. The molecule has 2 heterocycles. The van der Waals surface area contributed by atoms with E-state index in [4.69, 9.17) is 10.5 Å². The summed E-state index contributed by atoms with van der Waals surface area (Å²) in [5.41, 5.74) is 6.63. The van der Waals surface area contributed by atoms with Crippen molar-refractivity contribution < 1.29 is 9.53 Å². The first kappa shape index (κ1) is 16.7. The minimum absolute atomic E-state index is 0.212. The molecule has 3 N–H and O–H groups in total. The number of nitrogens with one attached hydrogen (secondary N) is 1. The Kier molecular flexibility index (Phi) is 6.15. The van der Waals surface area contributed by atoms with Crippen LogP contribution in [0.2, 0.25) is 0 Å². The highest BCUT2D eigenvalue weighted by atomic mass is 16.5. The van der Waals surface area contributed by atoms with Gasteiger partial charge in [0.25, 0.3) is 0 Å². The van der Waals surface area contributed by atoms with Gasteiger partial charge in [0.05, 0.1) is 6.61 Å². The quantitative estimate of drug-likeness (QED) is 0.816. The molecule has 1 aromatic heterocycles. The fourth-order valence-corrected chi connectivity index (χ4v) is 2.52. The molecule has 6 heteroatoms. The number of aromatic nitrogens is 1. The van der Waals surface area contributed by atoms with Gasteiger partial charge in [0, 0.05) is 32.9 Å². The number of hydrogen-bond donors (Lipinski definition) is 2. The third kappa shape index (κ3) is 4.68. The van der Waals surface area contributed by atoms with Crippen molar-refractivity contribution in [1.29, 1.82) is 0 Å². The lowest BCUT2D eigenvalue weighted by molar-refractivity contribution is -0.123. The molecule has 22 heavy (non-hydrogen) atoms. The van der Waals surface area contributed by atoms with E-state index in [-0.39, 0.29) is 12.5 Å². The van der Waals surface area contributed by atoms with Gasteiger partial charge in [-0.05, 0) is 30.4 Å². The molecular weight excluding hydrogens is 280 g/mol. The highest BCUT2D eigenvalue weighted by Crippen LogP contribution is 2.21. The van der Waals surface area contributed by atoms with E-state index in [0.717, 1.165) is 30.4 Å². The number of methoxy groups -OCH3 is 1. The Bertz CT molecular complexity index is 470. The third-order valence-electron chi connectivity index (χ3n) is 4.07. The zero-order valence-electron chi connectivity index (χ0n) is 13.4. The van der Waals surface area contributed by atoms with E-state index in [1.807, 2.05) is 18.3 Å². The van der Waals surface area contributed by atoms with Crippen molar-refractivity contribution in [2.45, 2.75) is 32.4 Å². The van der Waals surface area contributed by atoms with Crippen LogP contribution in [0.15, 0.2) is 18.3 Å². The smallest absolute Gasteiger partial charge is 0.239 e. The molecule has 0 aromatic carbocycles. The van der Waals surface area contributed by atoms with E-state index in [9.17, 15) is 4.79 Å². The van der Waals surface area contributed by atoms with Crippen LogP contribution in [0, 0.1) is 5.92 Å². The van der Waals surface area contributed by atoms with Crippen LogP contribution in [0.1, 0.15) is 25.3 Å². The van der Waals surface area contributed by atoms with Crippen LogP contribution in [-0.4, -0.2) is 43.7 Å². The van der Waals surface area contributed by atoms with Crippen molar-refractivity contribution in [2.75, 3.05) is 31.7 Å². The normalized spacial score (nSPS) is 17.3. The molecule has 2 rings (SSSR count). The van der Waals surface area contributed by atoms with Gasteiger partial charge in [0.15, 0.2) is 0 Å². The van der Waals surface area contributed by atoms with Gasteiger partial charge in [-0.2, -0.15) is 0 Å². The summed E-state index contributed by atoms with van der Waals surface area (Å²) in [4.78, 5) is 18.5. The van der Waals surface area contributed by atoms with Gasteiger partial charge in [-0.25, -0.2) is 4.98 Å². The van der Waals surface area contributed by atoms with Crippen molar-refractivity contribution >= 4 is 11.7 Å². The Labute approximate surface area is 132 Å². The number of pyridine rings is 1. The molecule has 1 atom stereocenters. The standard InChI is InChI=1S/C16H26N4O2/c1-12-5-7-20(8-6-12)15-4-3-13(9-18-15)10-19-16(21)14(17)11-22-2/h3-4,9,12,14H,5-8,10-11,17H2,1-2H3,(H,19,21). The third-order valence-corrected chi connectivity index (χ3v) is 4.07. The summed E-state index contributed by atoms with van der Waals surface area (Å²) >= 11 is 0. The van der Waals surface area contributed by atoms with E-state index in [0.29, 0.717) is 6.54 Å². The molecule has 0 aliphatic carbocycles. The lowest BCUT2D eigenvalue weighted by Gasteiger charge is -2.31. The summed E-state index contributed by atoms with van der Waals surface area (Å²) < 4.78 is 4.86. The highest BCUT2D eigenvalue weighted by molar-refractivity contribution is 5.81. The number of amides is 1. The Balaban J connectivity index is 1.83. The van der Waals surface area contributed by atoms with Crippen LogP contribution < -0.4 is 16.0 Å². The molecule has 1 amide bonds. The van der Waals surface area contributed by atoms with Gasteiger partial charge in [-0.3, -0.25) is 4.79 Å². The predicted octanol–water partition coefficient (Wildman–Crippen LogP) is 0.908. The lowest BCUT2D eigenvalue weighted by atomic mass is 9.99. The molecule has 1 fully saturated rings. The SMILES string of the molecule is COCC(N)C(=O)NCc1ccc(N2CCC(C)CC2)nc1. The first-order chi connectivity index (χ1) is 10.6. The minimum Gasteiger partial charge on any atom is -0.383 e. The van der Waals surface area contributed by atoms with Crippen molar-refractivity contribution in [3.05, 3.63) is 23.9 Å². The summed E-state index contributed by atoms with van der Waals surface area (Å²) in [6.45, 7) is 5.08. The number of carbonyl (C=O) groups is 1. The van der Waals surface area contributed by atoms with E-state index < -0.39 is 6.04 Å². The average Bonchev–Trinajstić information content (AvgIpc) is 2.54. The number of piperidine rings is 1. The van der Waals surface area contributed by atoms with Crippen LogP contribution in [-0.2, 0) is 16.1 Å². The molecule has 1 aliphatic heterocycles. The Morgan fingerprint density at radius 2 is 2.23 bits per heavy atom. The molecule has 1 unspecified atom stereocenters. The largest absolute Gasteiger partial charge is 0.383 e. The summed E-state index contributed by atoms with van der Waals surface area (Å²) in [5, 5.41) is 2.79. The molecule has 1 aromatic rings. The van der Waals surface area contributed by atoms with Crippen molar-refractivity contribution in [2.24, 2.45) is 11.7 Å². The van der Waals surface area contributed by atoms with Crippen molar-refractivity contribution in [1.82, 2.24) is 10.3 Å². The molecule has 0 spiro atoms. The Hall–Kier alpha value is -1.66. The fourth-order valence-electron chi connectivity index (χ4n) is 2.52. The number of anilines is 1. The topological polar surface area (TPSA) is 80.5 Å². The molecule has 0 bridgehead atoms. The van der Waals surface area contributed by atoms with Crippen LogP contribution in [0.3, 0.4) is 0 Å². The molecule has 6 nitrogen and oxygen atoms in total. The van der Waals surface area contributed by atoms with Gasteiger partial charge in [0.1, 0.15) is 11.9 Å². The number of hydrogen-bond acceptors (Lipinski definition) is 5. The number of nitrogens with zero attached hydrogens (tertiary/aromatic N) is 2. The van der Waals surface area contributed by atoms with Crippen LogP contribution >= 0.6 is 0 Å². The van der Waals surface area contributed by atoms with E-state index in [2.05, 4.69) is 22.1 Å². The van der Waals surface area contributed by atoms with Crippen molar-refractivity contribution in [3.8, 4) is 0 Å². The first-order valence-corrected chi connectivity index (χ1v) is 7.82. The second-order valence-corrected chi connectivity index (χ2v) is 5.97. The fraction of sp³-hybridized carbons (Fsp3) is 0.625. The number of carbonyl (C=O) groups excluding carboxylic acids is 1. The van der Waals surface area contributed by atoms with Gasteiger partial charge in [-0.1, -0.05) is 13.0 Å². The van der Waals surface area contributed by atoms with Gasteiger partial charge in [0.2, 0.25) is 5.91 Å². The number of nitrogens with two attached hydrogens (primary N) is 1. The monoisotopic (exact) mass is 306 g/mol. The predicted molar refractivity (Wildman–Crippen MR) is 86.5 cm³/mol. The van der Waals surface area contributed by atoms with E-state index in [1.165, 1.54) is 20.0 Å². The molecule has 0 radical (unpaired) electrons. The maximum Gasteiger partial charge on any atom is 0.239 e. The minimum atomic E-state index is -0.632. The van der Waals surface area contributed by atoms with Gasteiger partial charge in [-0.15, -0.1) is 0 Å². The van der Waals surface area contributed by atoms with Gasteiger partial charge >= 0.3 is 0 Å². The highest BCUT2D eigenvalue weighted by Gasteiger charge is 2.17. The van der Waals surface area contributed by atoms with Gasteiger partial charge < -0.3 is 20.7 Å². The lowest BCUT2D eigenvalue weighted by Crippen LogP contribution is -2.43. The number of ether oxygens (including phenoxy) is 1. The molecular formula is C16H26N4O2. The molecule has 1 saturated heterocycles. The maximum atomic E-state index is 11.7. The summed E-state index contributed by atoms with van der Waals surface area (Å²) in [7, 11) is 1.52. The molecule has 122 valence electrons. The van der Waals surface area contributed by atoms with Crippen molar-refractivity contribution in [3.63, 3.8) is 0 Å². The first-order valence-electron chi connectivity index (χ1n) is 7.82. The average molecular weight is 306 g/mol. The summed E-state index contributed by atoms with van der Waals surface area (Å²) in [5.74, 6) is 1.61. The second-order valence-electron chi connectivity index (χ2n) is 5.97. The van der Waals surface area contributed by atoms with Crippen LogP contribution in [0.25, 0.3) is 0 Å². The summed E-state index contributed by atoms with van der Waals surface area (Å²) in [6, 6.07) is 3.39. The summed E-state index contributed by atoms with van der Waals surface area (Å²) in [6.07, 6.45) is 4.25. The maximum absolute atomic E-state index is 11.7. The molecule has 0 saturated carbocycles. The molecule has 1 aliphatic rings. The second kappa shape index (κ2) is 8.10. The zero-order valence-corrected chi connectivity index (χ0v) is 13.4. The van der Waals surface area contributed by atoms with E-state index >= 15 is 0 Å². The van der Waals surface area contributed by atoms with Crippen LogP contribution in [0.4, 0.5) is 5.82 Å². The van der Waals surface area contributed by atoms with E-state index in [1.54, 1.807) is 0 Å². The Morgan fingerprint density at radius 3 is 2.82 bits per heavy atom. The Morgan fingerprint density at radius 1 is 1.50 bits per heavy atom.